The Balaban J connectivity index is 1.24. The van der Waals surface area contributed by atoms with Crippen LogP contribution in [0.15, 0.2) is 54.7 Å². The zero-order valence-corrected chi connectivity index (χ0v) is 34.9. The van der Waals surface area contributed by atoms with Crippen LogP contribution in [0.3, 0.4) is 0 Å². The predicted molar refractivity (Wildman–Crippen MR) is 219 cm³/mol. The minimum atomic E-state index is -0.532. The molecule has 0 radical (unpaired) electrons. The highest BCUT2D eigenvalue weighted by Crippen LogP contribution is 2.43. The molecule has 0 bridgehead atoms. The first kappa shape index (κ1) is 42.7. The Morgan fingerprint density at radius 2 is 1.71 bits per heavy atom. The smallest absolute Gasteiger partial charge is 0.320 e. The second-order valence-corrected chi connectivity index (χ2v) is 16.4. The number of nitrogens with zero attached hydrogens (tertiary/aromatic N) is 4. The summed E-state index contributed by atoms with van der Waals surface area (Å²) >= 11 is 6.29. The van der Waals surface area contributed by atoms with Crippen molar-refractivity contribution in [1.82, 2.24) is 15.2 Å². The molecule has 2 aromatic carbocycles. The first-order chi connectivity index (χ1) is 26.6. The molecule has 5 rings (SSSR count). The van der Waals surface area contributed by atoms with Crippen LogP contribution in [0.5, 0.6) is 11.5 Å². The van der Waals surface area contributed by atoms with Crippen molar-refractivity contribution in [1.29, 1.82) is 0 Å². The van der Waals surface area contributed by atoms with Crippen LogP contribution in [-0.4, -0.2) is 99.5 Å². The van der Waals surface area contributed by atoms with Gasteiger partial charge in [0.15, 0.2) is 11.5 Å². The number of benzene rings is 2. The summed E-state index contributed by atoms with van der Waals surface area (Å²) in [4.78, 5) is 49.4. The third-order valence-electron chi connectivity index (χ3n) is 10.2. The molecule has 1 amide bonds. The quantitative estimate of drug-likeness (QED) is 0.125. The summed E-state index contributed by atoms with van der Waals surface area (Å²) in [5.74, 6) is 1.61. The lowest BCUT2D eigenvalue weighted by Crippen LogP contribution is -2.46. The molecular formula is C43H58ClN5O7. The molecule has 1 aliphatic heterocycles. The molecule has 1 aromatic heterocycles. The molecule has 1 saturated carbocycles. The second-order valence-electron chi connectivity index (χ2n) is 16.0. The molecule has 13 heteroatoms. The molecule has 1 atom stereocenters. The van der Waals surface area contributed by atoms with E-state index in [0.717, 1.165) is 54.6 Å². The summed E-state index contributed by atoms with van der Waals surface area (Å²) in [6, 6.07) is 15.2. The number of ether oxygens (including phenoxy) is 4. The highest BCUT2D eigenvalue weighted by atomic mass is 35.5. The lowest BCUT2D eigenvalue weighted by atomic mass is 9.85. The number of methoxy groups -OCH3 is 2. The minimum Gasteiger partial charge on any atom is -0.493 e. The summed E-state index contributed by atoms with van der Waals surface area (Å²) in [6.45, 7) is 11.8. The fourth-order valence-corrected chi connectivity index (χ4v) is 7.77. The van der Waals surface area contributed by atoms with Gasteiger partial charge in [-0.1, -0.05) is 23.7 Å². The Labute approximate surface area is 336 Å². The van der Waals surface area contributed by atoms with E-state index in [1.165, 1.54) is 7.11 Å². The fourth-order valence-electron chi connectivity index (χ4n) is 7.64. The number of fused-ring (bicyclic) bond motifs is 1. The fraction of sp³-hybridized carbons (Fsp3) is 0.535. The topological polar surface area (TPSA) is 123 Å². The van der Waals surface area contributed by atoms with E-state index in [2.05, 4.69) is 22.2 Å². The molecule has 2 heterocycles. The number of hydrogen-bond acceptors (Lipinski definition) is 11. The van der Waals surface area contributed by atoms with Gasteiger partial charge in [-0.05, 0) is 119 Å². The molecule has 1 aliphatic carbocycles. The van der Waals surface area contributed by atoms with Crippen molar-refractivity contribution < 1.29 is 33.3 Å². The van der Waals surface area contributed by atoms with Crippen LogP contribution in [0.4, 0.5) is 11.5 Å². The van der Waals surface area contributed by atoms with Gasteiger partial charge in [0.2, 0.25) is 5.91 Å². The highest BCUT2D eigenvalue weighted by Gasteiger charge is 2.37. The van der Waals surface area contributed by atoms with E-state index >= 15 is 0 Å². The maximum atomic E-state index is 14.0. The minimum absolute atomic E-state index is 0.0641. The molecule has 0 spiro atoms. The number of esters is 2. The molecule has 304 valence electrons. The monoisotopic (exact) mass is 791 g/mol. The van der Waals surface area contributed by atoms with Crippen molar-refractivity contribution in [2.75, 3.05) is 63.8 Å². The largest absolute Gasteiger partial charge is 0.493 e. The molecule has 2 aliphatic rings. The maximum Gasteiger partial charge on any atom is 0.320 e. The summed E-state index contributed by atoms with van der Waals surface area (Å²) < 4.78 is 22.2. The van der Waals surface area contributed by atoms with Crippen molar-refractivity contribution in [3.63, 3.8) is 0 Å². The van der Waals surface area contributed by atoms with Crippen LogP contribution < -0.4 is 24.6 Å². The van der Waals surface area contributed by atoms with Gasteiger partial charge in [0, 0.05) is 37.7 Å². The number of anilines is 2. The van der Waals surface area contributed by atoms with Gasteiger partial charge in [0.25, 0.3) is 0 Å². The number of pyridine rings is 1. The maximum absolute atomic E-state index is 14.0. The van der Waals surface area contributed by atoms with E-state index < -0.39 is 11.6 Å². The van der Waals surface area contributed by atoms with Gasteiger partial charge in [0.05, 0.1) is 57.8 Å². The molecule has 1 fully saturated rings. The normalized spacial score (nSPS) is 18.4. The third kappa shape index (κ3) is 11.4. The van der Waals surface area contributed by atoms with Gasteiger partial charge in [-0.15, -0.1) is 0 Å². The van der Waals surface area contributed by atoms with Gasteiger partial charge >= 0.3 is 11.9 Å². The first-order valence-electron chi connectivity index (χ1n) is 19.5. The number of halogens is 1. The molecule has 1 N–H and O–H groups in total. The molecule has 0 unspecified atom stereocenters. The predicted octanol–water partition coefficient (Wildman–Crippen LogP) is 6.61. The average molecular weight is 792 g/mol. The van der Waals surface area contributed by atoms with E-state index in [1.807, 2.05) is 89.3 Å². The van der Waals surface area contributed by atoms with E-state index in [9.17, 15) is 14.4 Å². The van der Waals surface area contributed by atoms with Gasteiger partial charge in [-0.3, -0.25) is 24.2 Å². The number of nitrogens with one attached hydrogen (secondary N) is 1. The van der Waals surface area contributed by atoms with Gasteiger partial charge in [0.1, 0.15) is 11.4 Å². The van der Waals surface area contributed by atoms with Crippen LogP contribution in [-0.2, 0) is 30.3 Å². The summed E-state index contributed by atoms with van der Waals surface area (Å²) in [6.07, 6.45) is 5.92. The van der Waals surface area contributed by atoms with Crippen LogP contribution in [0.25, 0.3) is 0 Å². The standard InChI is InChI=1S/C43H58ClN5O7/c1-28(2)55-37-23-35-31(21-36(37)53-7)22-39(50)49(42(35)30-11-13-32(44)14-12-30)38-18-17-34(24-46-38)47(6)26-29-9-15-33(16-10-29)48(27-41(52)54-8)20-19-45-25-40(51)56-43(3,4)5/h11-14,17-18,21,23-24,28-29,33,42,45H,9-10,15-16,19-20,22,25-27H2,1-8H3/t29-,33-,42-/m0/s1. The Hall–Kier alpha value is -4.39. The first-order valence-corrected chi connectivity index (χ1v) is 19.9. The summed E-state index contributed by atoms with van der Waals surface area (Å²) in [5.41, 5.74) is 3.17. The molecule has 0 saturated heterocycles. The van der Waals surface area contributed by atoms with Crippen molar-refractivity contribution in [2.45, 2.75) is 90.5 Å². The van der Waals surface area contributed by atoms with Crippen molar-refractivity contribution >= 4 is 41.0 Å². The van der Waals surface area contributed by atoms with Crippen molar-refractivity contribution in [3.8, 4) is 11.5 Å². The zero-order valence-electron chi connectivity index (χ0n) is 34.1. The summed E-state index contributed by atoms with van der Waals surface area (Å²) in [5, 5.41) is 3.78. The molecule has 56 heavy (non-hydrogen) atoms. The number of amides is 1. The van der Waals surface area contributed by atoms with E-state index in [1.54, 1.807) is 12.0 Å². The Kier molecular flexibility index (Phi) is 14.6. The molecule has 3 aromatic rings. The highest BCUT2D eigenvalue weighted by molar-refractivity contribution is 6.30. The van der Waals surface area contributed by atoms with Crippen LogP contribution in [0, 0.1) is 5.92 Å². The Bertz CT molecular complexity index is 1790. The van der Waals surface area contributed by atoms with Gasteiger partial charge in [-0.25, -0.2) is 4.98 Å². The van der Waals surface area contributed by atoms with Crippen LogP contribution in [0.1, 0.15) is 83.0 Å². The number of aromatic nitrogens is 1. The van der Waals surface area contributed by atoms with E-state index in [0.29, 0.717) is 41.3 Å². The van der Waals surface area contributed by atoms with Crippen LogP contribution >= 0.6 is 11.6 Å². The SMILES string of the molecule is COC(=O)CN(CCNCC(=O)OC(C)(C)C)[C@H]1CC[C@H](CN(C)c2ccc(N3C(=O)Cc4cc(OC)c(OC(C)C)cc4[C@@H]3c3ccc(Cl)cc3)nc2)CC1. The lowest BCUT2D eigenvalue weighted by Gasteiger charge is -2.38. The van der Waals surface area contributed by atoms with Crippen molar-refractivity contribution in [2.24, 2.45) is 5.92 Å². The lowest BCUT2D eigenvalue weighted by molar-refractivity contribution is -0.153. The third-order valence-corrected chi connectivity index (χ3v) is 10.5. The Morgan fingerprint density at radius 3 is 2.32 bits per heavy atom. The van der Waals surface area contributed by atoms with E-state index in [4.69, 9.17) is 35.5 Å². The van der Waals surface area contributed by atoms with Gasteiger partial charge < -0.3 is 29.2 Å². The zero-order chi connectivity index (χ0) is 40.6. The number of carbonyl (C=O) groups excluding carboxylic acids is 3. The van der Waals surface area contributed by atoms with E-state index in [-0.39, 0.29) is 49.5 Å². The van der Waals surface area contributed by atoms with Crippen molar-refractivity contribution in [3.05, 3.63) is 76.4 Å². The number of hydrogen-bond donors (Lipinski definition) is 1. The number of rotatable bonds is 16. The van der Waals surface area contributed by atoms with Crippen LogP contribution in [0.2, 0.25) is 5.02 Å². The molecular weight excluding hydrogens is 734 g/mol. The number of carbonyl (C=O) groups is 3. The second kappa shape index (κ2) is 19.2. The van der Waals surface area contributed by atoms with Gasteiger partial charge in [-0.2, -0.15) is 0 Å². The Morgan fingerprint density at radius 1 is 1.00 bits per heavy atom. The summed E-state index contributed by atoms with van der Waals surface area (Å²) in [7, 11) is 5.09. The average Bonchev–Trinajstić information content (AvgIpc) is 3.15. The molecule has 12 nitrogen and oxygen atoms in total.